The zero-order valence-electron chi connectivity index (χ0n) is 19.7. The van der Waals surface area contributed by atoms with Gasteiger partial charge in [0.15, 0.2) is 0 Å². The van der Waals surface area contributed by atoms with Crippen LogP contribution in [0, 0.1) is 12.8 Å². The lowest BCUT2D eigenvalue weighted by molar-refractivity contribution is -0.123. The highest BCUT2D eigenvalue weighted by Gasteiger charge is 2.35. The molecule has 2 amide bonds. The van der Waals surface area contributed by atoms with E-state index < -0.39 is 11.8 Å². The normalized spacial score (nSPS) is 18.0. The largest absolute Gasteiger partial charge is 0.342 e. The van der Waals surface area contributed by atoms with Crippen LogP contribution in [-0.2, 0) is 16.0 Å². The molecule has 1 fully saturated rings. The summed E-state index contributed by atoms with van der Waals surface area (Å²) in [5.74, 6) is -0.429. The highest BCUT2D eigenvalue weighted by atomic mass is 16.2. The third-order valence-electron chi connectivity index (χ3n) is 6.94. The Morgan fingerprint density at radius 3 is 2.51 bits per heavy atom. The molecule has 0 unspecified atom stereocenters. The number of anilines is 3. The minimum atomic E-state index is -0.903. The van der Waals surface area contributed by atoms with Gasteiger partial charge in [0.2, 0.25) is 17.8 Å². The van der Waals surface area contributed by atoms with E-state index in [2.05, 4.69) is 44.9 Å². The smallest absolute Gasteiger partial charge is 0.258 e. The third-order valence-corrected chi connectivity index (χ3v) is 6.94. The molecule has 0 saturated carbocycles. The summed E-state index contributed by atoms with van der Waals surface area (Å²) in [4.78, 5) is 48.1. The van der Waals surface area contributed by atoms with Crippen LogP contribution in [0.25, 0.3) is 0 Å². The Balaban J connectivity index is 1.32. The van der Waals surface area contributed by atoms with Gasteiger partial charge in [0.05, 0.1) is 11.5 Å². The van der Waals surface area contributed by atoms with Gasteiger partial charge in [0, 0.05) is 25.2 Å². The number of benzene rings is 2. The maximum atomic E-state index is 13.1. The predicted octanol–water partition coefficient (Wildman–Crippen LogP) is 3.60. The standard InChI is InChI=1S/C27H29N5O3/c1-17-7-5-6-10-21(17)28-25(34)20-16-22(33)29-24-23(20)26(35)31-27(30-24)32-13-11-19(12-14-32)15-18-8-3-2-4-9-18/h2-10,19-20H,11-16H2,1H3,(H,28,34)(H2,29,30,31,33,35)/t20-/m1/s1. The Morgan fingerprint density at radius 1 is 1.06 bits per heavy atom. The number of amides is 2. The van der Waals surface area contributed by atoms with Gasteiger partial charge in [0.25, 0.3) is 5.56 Å². The number of para-hydroxylation sites is 1. The van der Waals surface area contributed by atoms with Crippen molar-refractivity contribution in [3.63, 3.8) is 0 Å². The van der Waals surface area contributed by atoms with Crippen molar-refractivity contribution in [2.24, 2.45) is 5.92 Å². The van der Waals surface area contributed by atoms with Gasteiger partial charge in [-0.2, -0.15) is 4.98 Å². The summed E-state index contributed by atoms with van der Waals surface area (Å²) in [7, 11) is 0. The van der Waals surface area contributed by atoms with Crippen molar-refractivity contribution >= 4 is 29.3 Å². The van der Waals surface area contributed by atoms with Crippen LogP contribution in [-0.4, -0.2) is 34.9 Å². The first-order valence-corrected chi connectivity index (χ1v) is 12.1. The van der Waals surface area contributed by atoms with Crippen molar-refractivity contribution in [1.29, 1.82) is 0 Å². The van der Waals surface area contributed by atoms with Gasteiger partial charge in [-0.05, 0) is 49.3 Å². The molecule has 35 heavy (non-hydrogen) atoms. The molecule has 3 heterocycles. The lowest BCUT2D eigenvalue weighted by Crippen LogP contribution is -2.40. The lowest BCUT2D eigenvalue weighted by Gasteiger charge is -2.33. The highest BCUT2D eigenvalue weighted by molar-refractivity contribution is 6.04. The van der Waals surface area contributed by atoms with E-state index in [1.807, 2.05) is 36.1 Å². The molecule has 180 valence electrons. The van der Waals surface area contributed by atoms with Crippen molar-refractivity contribution in [1.82, 2.24) is 9.97 Å². The van der Waals surface area contributed by atoms with E-state index in [0.29, 0.717) is 17.6 Å². The average molecular weight is 472 g/mol. The molecule has 0 bridgehead atoms. The molecule has 3 N–H and O–H groups in total. The molecule has 1 aromatic heterocycles. The topological polar surface area (TPSA) is 107 Å². The van der Waals surface area contributed by atoms with Gasteiger partial charge in [-0.3, -0.25) is 19.4 Å². The van der Waals surface area contributed by atoms with Gasteiger partial charge in [-0.15, -0.1) is 0 Å². The third kappa shape index (κ3) is 4.96. The number of carbonyl (C=O) groups excluding carboxylic acids is 2. The first-order chi connectivity index (χ1) is 17.0. The van der Waals surface area contributed by atoms with E-state index in [1.165, 1.54) is 5.56 Å². The molecule has 0 spiro atoms. The van der Waals surface area contributed by atoms with Crippen molar-refractivity contribution in [2.45, 2.75) is 38.5 Å². The molecular formula is C27H29N5O3. The van der Waals surface area contributed by atoms with E-state index in [9.17, 15) is 14.4 Å². The maximum Gasteiger partial charge on any atom is 0.258 e. The van der Waals surface area contributed by atoms with Crippen molar-refractivity contribution in [3.05, 3.63) is 81.6 Å². The molecule has 3 aromatic rings. The molecule has 8 nitrogen and oxygen atoms in total. The molecule has 2 aliphatic heterocycles. The Kier molecular flexibility index (Phi) is 6.35. The monoisotopic (exact) mass is 471 g/mol. The first kappa shape index (κ1) is 22.8. The maximum absolute atomic E-state index is 13.1. The van der Waals surface area contributed by atoms with Gasteiger partial charge in [-0.25, -0.2) is 0 Å². The molecule has 0 radical (unpaired) electrons. The predicted molar refractivity (Wildman–Crippen MR) is 136 cm³/mol. The Hall–Kier alpha value is -3.94. The van der Waals surface area contributed by atoms with E-state index in [4.69, 9.17) is 0 Å². The summed E-state index contributed by atoms with van der Waals surface area (Å²) < 4.78 is 0. The number of nitrogens with one attached hydrogen (secondary N) is 3. The summed E-state index contributed by atoms with van der Waals surface area (Å²) in [6.07, 6.45) is 2.92. The molecule has 0 aliphatic carbocycles. The second kappa shape index (κ2) is 9.74. The summed E-state index contributed by atoms with van der Waals surface area (Å²) in [5, 5.41) is 5.57. The number of hydrogen-bond acceptors (Lipinski definition) is 5. The SMILES string of the molecule is Cc1ccccc1NC(=O)[C@@H]1CC(=O)Nc2nc(N3CCC(Cc4ccccc4)CC3)[nH]c(=O)c21. The molecular weight excluding hydrogens is 442 g/mol. The van der Waals surface area contributed by atoms with Crippen molar-refractivity contribution in [2.75, 3.05) is 28.6 Å². The van der Waals surface area contributed by atoms with E-state index in [-0.39, 0.29) is 29.3 Å². The second-order valence-electron chi connectivity index (χ2n) is 9.38. The fourth-order valence-electron chi connectivity index (χ4n) is 4.96. The van der Waals surface area contributed by atoms with Crippen LogP contribution in [0.5, 0.6) is 0 Å². The van der Waals surface area contributed by atoms with E-state index in [0.717, 1.165) is 37.9 Å². The number of piperidine rings is 1. The number of aromatic amines is 1. The lowest BCUT2D eigenvalue weighted by atomic mass is 9.90. The summed E-state index contributed by atoms with van der Waals surface area (Å²) in [5.41, 5.74) is 2.72. The zero-order valence-corrected chi connectivity index (χ0v) is 19.7. The first-order valence-electron chi connectivity index (χ1n) is 12.1. The summed E-state index contributed by atoms with van der Waals surface area (Å²) in [6, 6.07) is 17.9. The molecule has 2 aliphatic rings. The second-order valence-corrected chi connectivity index (χ2v) is 9.38. The highest BCUT2D eigenvalue weighted by Crippen LogP contribution is 2.31. The Bertz CT molecular complexity index is 1300. The Labute approximate surface area is 203 Å². The number of aromatic nitrogens is 2. The molecule has 2 aromatic carbocycles. The Morgan fingerprint density at radius 2 is 1.77 bits per heavy atom. The molecule has 1 atom stereocenters. The summed E-state index contributed by atoms with van der Waals surface area (Å²) in [6.45, 7) is 3.43. The quantitative estimate of drug-likeness (QED) is 0.527. The number of H-pyrrole nitrogens is 1. The van der Waals surface area contributed by atoms with Crippen LogP contribution < -0.4 is 21.1 Å². The van der Waals surface area contributed by atoms with Crippen LogP contribution in [0.2, 0.25) is 0 Å². The van der Waals surface area contributed by atoms with E-state index >= 15 is 0 Å². The molecule has 1 saturated heterocycles. The van der Waals surface area contributed by atoms with Crippen LogP contribution in [0.4, 0.5) is 17.5 Å². The number of rotatable bonds is 5. The minimum absolute atomic E-state index is 0.0975. The minimum Gasteiger partial charge on any atom is -0.342 e. The molecule has 5 rings (SSSR count). The van der Waals surface area contributed by atoms with Gasteiger partial charge >= 0.3 is 0 Å². The van der Waals surface area contributed by atoms with Crippen LogP contribution in [0.15, 0.2) is 59.4 Å². The zero-order chi connectivity index (χ0) is 24.4. The van der Waals surface area contributed by atoms with Crippen LogP contribution in [0.1, 0.15) is 41.9 Å². The molecule has 8 heteroatoms. The fourth-order valence-corrected chi connectivity index (χ4v) is 4.96. The number of hydrogen-bond donors (Lipinski definition) is 3. The average Bonchev–Trinajstić information content (AvgIpc) is 2.85. The van der Waals surface area contributed by atoms with Gasteiger partial charge in [0.1, 0.15) is 5.82 Å². The van der Waals surface area contributed by atoms with E-state index in [1.54, 1.807) is 6.07 Å². The van der Waals surface area contributed by atoms with Crippen molar-refractivity contribution < 1.29 is 9.59 Å². The number of aryl methyl sites for hydroxylation is 1. The number of carbonyl (C=O) groups is 2. The van der Waals surface area contributed by atoms with Gasteiger partial charge in [-0.1, -0.05) is 48.5 Å². The van der Waals surface area contributed by atoms with Gasteiger partial charge < -0.3 is 15.5 Å². The van der Waals surface area contributed by atoms with Crippen LogP contribution >= 0.6 is 0 Å². The summed E-state index contributed by atoms with van der Waals surface area (Å²) >= 11 is 0. The van der Waals surface area contributed by atoms with Crippen molar-refractivity contribution in [3.8, 4) is 0 Å². The number of fused-ring (bicyclic) bond motifs is 1. The number of nitrogens with zero attached hydrogens (tertiary/aromatic N) is 2. The fraction of sp³-hybridized carbons (Fsp3) is 0.333. The van der Waals surface area contributed by atoms with Crippen LogP contribution in [0.3, 0.4) is 0 Å².